The number of aromatic nitrogens is 5. The monoisotopic (exact) mass is 334 g/mol. The highest BCUT2D eigenvalue weighted by atomic mass is 16.5. The third kappa shape index (κ3) is 3.23. The van der Waals surface area contributed by atoms with Gasteiger partial charge in [0, 0.05) is 24.5 Å². The lowest BCUT2D eigenvalue weighted by atomic mass is 10.2. The maximum atomic E-state index is 12.2. The number of imidazole rings is 1. The van der Waals surface area contributed by atoms with E-state index in [2.05, 4.69) is 25.4 Å². The molecule has 4 aromatic rings. The van der Waals surface area contributed by atoms with Crippen molar-refractivity contribution in [2.45, 2.75) is 13.1 Å². The van der Waals surface area contributed by atoms with Crippen LogP contribution in [0.4, 0.5) is 0 Å². The molecule has 0 saturated heterocycles. The summed E-state index contributed by atoms with van der Waals surface area (Å²) in [7, 11) is 0. The molecule has 0 unspecified atom stereocenters. The fraction of sp³-hybridized carbons (Fsp3) is 0.118. The Kier molecular flexibility index (Phi) is 3.91. The van der Waals surface area contributed by atoms with Gasteiger partial charge in [-0.1, -0.05) is 11.2 Å². The summed E-state index contributed by atoms with van der Waals surface area (Å²) < 4.78 is 6.63. The minimum Gasteiger partial charge on any atom is -0.364 e. The van der Waals surface area contributed by atoms with Crippen LogP contribution in [0.25, 0.3) is 11.2 Å². The van der Waals surface area contributed by atoms with Gasteiger partial charge in [-0.3, -0.25) is 9.78 Å². The lowest BCUT2D eigenvalue weighted by molar-refractivity contribution is 0.0950. The maximum absolute atomic E-state index is 12.2. The molecule has 8 heteroatoms. The molecule has 0 aliphatic heterocycles. The van der Waals surface area contributed by atoms with Crippen molar-refractivity contribution in [2.75, 3.05) is 0 Å². The number of carbonyl (C=O) groups excluding carboxylic acids is 1. The fourth-order valence-corrected chi connectivity index (χ4v) is 2.45. The van der Waals surface area contributed by atoms with E-state index < -0.39 is 0 Å². The van der Waals surface area contributed by atoms with Gasteiger partial charge in [0.2, 0.25) is 0 Å². The SMILES string of the molecule is O=C(NCc1cnoc1)c1cnc2c(c1)ncn2Cc1ccccn1. The Bertz CT molecular complexity index is 995. The van der Waals surface area contributed by atoms with Crippen LogP contribution in [-0.2, 0) is 13.1 Å². The number of nitrogens with one attached hydrogen (secondary N) is 1. The van der Waals surface area contributed by atoms with Crippen molar-refractivity contribution in [1.29, 1.82) is 0 Å². The predicted molar refractivity (Wildman–Crippen MR) is 88.5 cm³/mol. The van der Waals surface area contributed by atoms with Gasteiger partial charge in [-0.2, -0.15) is 0 Å². The van der Waals surface area contributed by atoms with Crippen LogP contribution >= 0.6 is 0 Å². The normalized spacial score (nSPS) is 10.9. The van der Waals surface area contributed by atoms with Gasteiger partial charge in [-0.15, -0.1) is 0 Å². The zero-order valence-electron chi connectivity index (χ0n) is 13.2. The van der Waals surface area contributed by atoms with Crippen molar-refractivity contribution in [2.24, 2.45) is 0 Å². The van der Waals surface area contributed by atoms with Gasteiger partial charge in [0.15, 0.2) is 5.65 Å². The summed E-state index contributed by atoms with van der Waals surface area (Å²) >= 11 is 0. The number of fused-ring (bicyclic) bond motifs is 1. The Morgan fingerprint density at radius 2 is 2.16 bits per heavy atom. The van der Waals surface area contributed by atoms with Gasteiger partial charge < -0.3 is 14.4 Å². The third-order valence-electron chi connectivity index (χ3n) is 3.71. The largest absolute Gasteiger partial charge is 0.364 e. The molecular weight excluding hydrogens is 320 g/mol. The molecule has 0 fully saturated rings. The standard InChI is InChI=1S/C17H14N6O2/c24-17(20-6-12-7-22-25-10-12)13-5-15-16(19-8-13)23(11-21-15)9-14-3-1-2-4-18-14/h1-5,7-8,10-11H,6,9H2,(H,20,24). The summed E-state index contributed by atoms with van der Waals surface area (Å²) in [5.41, 5.74) is 3.53. The summed E-state index contributed by atoms with van der Waals surface area (Å²) in [6.45, 7) is 0.915. The van der Waals surface area contributed by atoms with Gasteiger partial charge in [-0.25, -0.2) is 9.97 Å². The number of pyridine rings is 2. The van der Waals surface area contributed by atoms with Crippen LogP contribution in [0.5, 0.6) is 0 Å². The first-order valence-electron chi connectivity index (χ1n) is 7.67. The second kappa shape index (κ2) is 6.52. The minimum atomic E-state index is -0.227. The molecular formula is C17H14N6O2. The van der Waals surface area contributed by atoms with Crippen molar-refractivity contribution in [1.82, 2.24) is 30.0 Å². The number of rotatable bonds is 5. The number of hydrogen-bond acceptors (Lipinski definition) is 6. The molecule has 0 aliphatic rings. The van der Waals surface area contributed by atoms with Crippen molar-refractivity contribution in [3.63, 3.8) is 0 Å². The van der Waals surface area contributed by atoms with Crippen LogP contribution in [0, 0.1) is 0 Å². The molecule has 124 valence electrons. The van der Waals surface area contributed by atoms with Crippen LogP contribution in [0.15, 0.2) is 60.0 Å². The molecule has 0 atom stereocenters. The number of amides is 1. The molecule has 25 heavy (non-hydrogen) atoms. The molecule has 0 bridgehead atoms. The van der Waals surface area contributed by atoms with Crippen LogP contribution in [0.1, 0.15) is 21.6 Å². The maximum Gasteiger partial charge on any atom is 0.253 e. The van der Waals surface area contributed by atoms with Crippen molar-refractivity contribution < 1.29 is 9.32 Å². The summed E-state index contributed by atoms with van der Waals surface area (Å²) in [5, 5.41) is 6.38. The zero-order valence-corrected chi connectivity index (χ0v) is 13.2. The van der Waals surface area contributed by atoms with E-state index in [1.807, 2.05) is 22.8 Å². The molecule has 4 heterocycles. The van der Waals surface area contributed by atoms with E-state index in [-0.39, 0.29) is 5.91 Å². The Morgan fingerprint density at radius 3 is 2.96 bits per heavy atom. The van der Waals surface area contributed by atoms with Gasteiger partial charge in [0.1, 0.15) is 11.8 Å². The van der Waals surface area contributed by atoms with E-state index in [0.29, 0.717) is 29.8 Å². The number of carbonyl (C=O) groups is 1. The third-order valence-corrected chi connectivity index (χ3v) is 3.71. The number of nitrogens with zero attached hydrogens (tertiary/aromatic N) is 5. The first-order valence-corrected chi connectivity index (χ1v) is 7.67. The summed E-state index contributed by atoms with van der Waals surface area (Å²) in [6.07, 6.45) is 8.04. The molecule has 0 spiro atoms. The van der Waals surface area contributed by atoms with Crippen molar-refractivity contribution in [3.05, 3.63) is 72.3 Å². The van der Waals surface area contributed by atoms with E-state index in [4.69, 9.17) is 4.52 Å². The molecule has 4 aromatic heterocycles. The van der Waals surface area contributed by atoms with Gasteiger partial charge >= 0.3 is 0 Å². The quantitative estimate of drug-likeness (QED) is 0.597. The van der Waals surface area contributed by atoms with E-state index in [9.17, 15) is 4.79 Å². The van der Waals surface area contributed by atoms with E-state index in [0.717, 1.165) is 11.3 Å². The van der Waals surface area contributed by atoms with Gasteiger partial charge in [0.05, 0.1) is 30.3 Å². The molecule has 0 saturated carbocycles. The second-order valence-electron chi connectivity index (χ2n) is 5.48. The molecule has 8 nitrogen and oxygen atoms in total. The van der Waals surface area contributed by atoms with Crippen LogP contribution in [0.3, 0.4) is 0 Å². The first-order chi connectivity index (χ1) is 12.3. The second-order valence-corrected chi connectivity index (χ2v) is 5.48. The lowest BCUT2D eigenvalue weighted by Crippen LogP contribution is -2.22. The first kappa shape index (κ1) is 15.0. The Balaban J connectivity index is 1.52. The molecule has 1 N–H and O–H groups in total. The lowest BCUT2D eigenvalue weighted by Gasteiger charge is -2.05. The molecule has 0 aromatic carbocycles. The number of hydrogen-bond donors (Lipinski definition) is 1. The van der Waals surface area contributed by atoms with E-state index in [1.165, 1.54) is 6.26 Å². The molecule has 0 aliphatic carbocycles. The summed E-state index contributed by atoms with van der Waals surface area (Å²) in [5.74, 6) is -0.227. The van der Waals surface area contributed by atoms with Crippen LogP contribution in [-0.4, -0.2) is 30.6 Å². The average Bonchev–Trinajstić information content (AvgIpc) is 3.30. The van der Waals surface area contributed by atoms with Crippen molar-refractivity contribution >= 4 is 17.1 Å². The smallest absolute Gasteiger partial charge is 0.253 e. The Hall–Kier alpha value is -3.55. The topological polar surface area (TPSA) is 98.7 Å². The van der Waals surface area contributed by atoms with Crippen LogP contribution in [0.2, 0.25) is 0 Å². The minimum absolute atomic E-state index is 0.227. The molecule has 4 rings (SSSR count). The molecule has 1 amide bonds. The zero-order chi connectivity index (χ0) is 17.1. The summed E-state index contributed by atoms with van der Waals surface area (Å²) in [4.78, 5) is 25.3. The Labute approximate surface area is 142 Å². The van der Waals surface area contributed by atoms with Gasteiger partial charge in [-0.05, 0) is 18.2 Å². The summed E-state index contributed by atoms with van der Waals surface area (Å²) in [6, 6.07) is 7.48. The van der Waals surface area contributed by atoms with Crippen LogP contribution < -0.4 is 5.32 Å². The Morgan fingerprint density at radius 1 is 1.20 bits per heavy atom. The van der Waals surface area contributed by atoms with Crippen molar-refractivity contribution in [3.8, 4) is 0 Å². The highest BCUT2D eigenvalue weighted by molar-refractivity contribution is 5.96. The highest BCUT2D eigenvalue weighted by Gasteiger charge is 2.11. The molecule has 0 radical (unpaired) electrons. The average molecular weight is 334 g/mol. The van der Waals surface area contributed by atoms with Gasteiger partial charge in [0.25, 0.3) is 5.91 Å². The van der Waals surface area contributed by atoms with E-state index in [1.54, 1.807) is 31.0 Å². The fourth-order valence-electron chi connectivity index (χ4n) is 2.45. The van der Waals surface area contributed by atoms with E-state index >= 15 is 0 Å². The predicted octanol–water partition coefficient (Wildman–Crippen LogP) is 1.79. The highest BCUT2D eigenvalue weighted by Crippen LogP contribution is 2.13.